The molecule has 11 heteroatoms. The van der Waals surface area contributed by atoms with Gasteiger partial charge in [0.05, 0.1) is 22.0 Å². The molecule has 0 saturated carbocycles. The number of benzene rings is 1. The Bertz CT molecular complexity index is 781. The lowest BCUT2D eigenvalue weighted by Crippen LogP contribution is -2.18. The van der Waals surface area contributed by atoms with Crippen molar-refractivity contribution in [1.29, 1.82) is 0 Å². The first-order valence-electron chi connectivity index (χ1n) is 7.71. The van der Waals surface area contributed by atoms with Crippen LogP contribution in [0, 0.1) is 0 Å². The van der Waals surface area contributed by atoms with Crippen molar-refractivity contribution in [2.45, 2.75) is 37.5 Å². The smallest absolute Gasteiger partial charge is 0.336 e. The number of aromatic nitrogens is 3. The molecule has 0 saturated heterocycles. The predicted molar refractivity (Wildman–Crippen MR) is 94.6 cm³/mol. The Hall–Kier alpha value is -1.94. The molecule has 1 amide bonds. The molecule has 2 aromatic rings. The number of thioether (sulfide) groups is 1. The fraction of sp³-hybridized carbons (Fsp3) is 0.400. The van der Waals surface area contributed by atoms with E-state index in [-0.39, 0.29) is 16.5 Å². The number of alkyl halides is 3. The average Bonchev–Trinajstić information content (AvgIpc) is 2.92. The standard InChI is InChI=1S/C15H17ClF3N5OS/c1-2-3-4-12-22-23-14(24(12)20)26-8-13(25)21-11-7-9(15(17,18)19)5-6-10(11)16/h5-7H,2-4,8,20H2,1H3,(H,21,25). The summed E-state index contributed by atoms with van der Waals surface area (Å²) in [4.78, 5) is 12.0. The van der Waals surface area contributed by atoms with Crippen LogP contribution in [0.5, 0.6) is 0 Å². The molecule has 0 unspecified atom stereocenters. The van der Waals surface area contributed by atoms with Gasteiger partial charge in [0.25, 0.3) is 0 Å². The second-order valence-electron chi connectivity index (χ2n) is 5.40. The van der Waals surface area contributed by atoms with Gasteiger partial charge >= 0.3 is 6.18 Å². The summed E-state index contributed by atoms with van der Waals surface area (Å²) in [6, 6.07) is 2.73. The zero-order valence-electron chi connectivity index (χ0n) is 13.8. The molecule has 0 bridgehead atoms. The number of nitrogens with one attached hydrogen (secondary N) is 1. The Labute approximate surface area is 157 Å². The van der Waals surface area contributed by atoms with E-state index in [2.05, 4.69) is 15.5 Å². The van der Waals surface area contributed by atoms with Crippen LogP contribution < -0.4 is 11.2 Å². The van der Waals surface area contributed by atoms with Gasteiger partial charge in [0.2, 0.25) is 11.1 Å². The summed E-state index contributed by atoms with van der Waals surface area (Å²) in [5.41, 5.74) is -1.00. The van der Waals surface area contributed by atoms with Crippen molar-refractivity contribution >= 4 is 35.0 Å². The van der Waals surface area contributed by atoms with Crippen LogP contribution in [-0.2, 0) is 17.4 Å². The minimum atomic E-state index is -4.52. The Kier molecular flexibility index (Phi) is 6.76. The Morgan fingerprint density at radius 3 is 2.77 bits per heavy atom. The molecule has 1 heterocycles. The Morgan fingerprint density at radius 2 is 2.12 bits per heavy atom. The first kappa shape index (κ1) is 20.4. The third-order valence-corrected chi connectivity index (χ3v) is 4.66. The highest BCUT2D eigenvalue weighted by Gasteiger charge is 2.31. The highest BCUT2D eigenvalue weighted by Crippen LogP contribution is 2.33. The molecule has 3 N–H and O–H groups in total. The molecule has 0 aliphatic rings. The summed E-state index contributed by atoms with van der Waals surface area (Å²) in [6.45, 7) is 2.04. The van der Waals surface area contributed by atoms with Crippen molar-refractivity contribution < 1.29 is 18.0 Å². The van der Waals surface area contributed by atoms with E-state index >= 15 is 0 Å². The van der Waals surface area contributed by atoms with E-state index < -0.39 is 17.6 Å². The van der Waals surface area contributed by atoms with Crippen LogP contribution in [0.2, 0.25) is 5.02 Å². The van der Waals surface area contributed by atoms with Gasteiger partial charge in [-0.15, -0.1) is 10.2 Å². The molecule has 2 rings (SSSR count). The van der Waals surface area contributed by atoms with Crippen molar-refractivity contribution in [2.24, 2.45) is 0 Å². The number of nitrogens with zero attached hydrogens (tertiary/aromatic N) is 3. The first-order chi connectivity index (χ1) is 12.2. The maximum atomic E-state index is 12.7. The molecule has 142 valence electrons. The van der Waals surface area contributed by atoms with Crippen LogP contribution in [0.4, 0.5) is 18.9 Å². The highest BCUT2D eigenvalue weighted by atomic mass is 35.5. The van der Waals surface area contributed by atoms with E-state index in [1.54, 1.807) is 0 Å². The molecule has 6 nitrogen and oxygen atoms in total. The van der Waals surface area contributed by atoms with Crippen molar-refractivity contribution in [3.63, 3.8) is 0 Å². The van der Waals surface area contributed by atoms with E-state index in [0.29, 0.717) is 17.4 Å². The molecule has 26 heavy (non-hydrogen) atoms. The molecule has 0 aliphatic carbocycles. The van der Waals surface area contributed by atoms with Crippen LogP contribution in [-0.4, -0.2) is 26.5 Å². The van der Waals surface area contributed by atoms with Crippen molar-refractivity contribution in [1.82, 2.24) is 14.9 Å². The van der Waals surface area contributed by atoms with Gasteiger partial charge in [0.1, 0.15) is 0 Å². The molecule has 0 atom stereocenters. The zero-order valence-corrected chi connectivity index (χ0v) is 15.4. The number of hydrogen-bond donors (Lipinski definition) is 2. The fourth-order valence-electron chi connectivity index (χ4n) is 2.02. The minimum Gasteiger partial charge on any atom is -0.336 e. The lowest BCUT2D eigenvalue weighted by Gasteiger charge is -2.11. The van der Waals surface area contributed by atoms with Crippen LogP contribution >= 0.6 is 23.4 Å². The molecular weight excluding hydrogens is 391 g/mol. The van der Waals surface area contributed by atoms with Gasteiger partial charge in [-0.3, -0.25) is 4.79 Å². The molecule has 0 spiro atoms. The molecule has 1 aromatic heterocycles. The van der Waals surface area contributed by atoms with Crippen molar-refractivity contribution in [3.05, 3.63) is 34.6 Å². The summed E-state index contributed by atoms with van der Waals surface area (Å²) in [5.74, 6) is 5.84. The number of carbonyl (C=O) groups excluding carboxylic acids is 1. The van der Waals surface area contributed by atoms with Gasteiger partial charge in [-0.05, 0) is 24.6 Å². The topological polar surface area (TPSA) is 85.8 Å². The van der Waals surface area contributed by atoms with E-state index in [1.807, 2.05) is 6.92 Å². The van der Waals surface area contributed by atoms with Crippen molar-refractivity contribution in [3.8, 4) is 0 Å². The number of nitrogen functional groups attached to an aromatic ring is 1. The lowest BCUT2D eigenvalue weighted by molar-refractivity contribution is -0.137. The van der Waals surface area contributed by atoms with Crippen LogP contribution in [0.15, 0.2) is 23.4 Å². The predicted octanol–water partition coefficient (Wildman–Crippen LogP) is 3.74. The molecular formula is C15H17ClF3N5OS. The number of amides is 1. The van der Waals surface area contributed by atoms with E-state index in [0.717, 1.165) is 42.8 Å². The number of hydrogen-bond acceptors (Lipinski definition) is 5. The number of carbonyl (C=O) groups is 1. The van der Waals surface area contributed by atoms with Gasteiger partial charge in [0, 0.05) is 6.42 Å². The summed E-state index contributed by atoms with van der Waals surface area (Å²) in [5, 5.41) is 10.6. The normalized spacial score (nSPS) is 11.6. The Morgan fingerprint density at radius 1 is 1.38 bits per heavy atom. The largest absolute Gasteiger partial charge is 0.416 e. The number of halogens is 4. The van der Waals surface area contributed by atoms with E-state index in [1.165, 1.54) is 4.68 Å². The SMILES string of the molecule is CCCCc1nnc(SCC(=O)Nc2cc(C(F)(F)F)ccc2Cl)n1N. The monoisotopic (exact) mass is 407 g/mol. The van der Waals surface area contributed by atoms with Crippen molar-refractivity contribution in [2.75, 3.05) is 16.9 Å². The maximum absolute atomic E-state index is 12.7. The van der Waals surface area contributed by atoms with E-state index in [4.69, 9.17) is 17.4 Å². The fourth-order valence-corrected chi connectivity index (χ4v) is 2.86. The van der Waals surface area contributed by atoms with E-state index in [9.17, 15) is 18.0 Å². The third-order valence-electron chi connectivity index (χ3n) is 3.39. The zero-order chi connectivity index (χ0) is 19.3. The lowest BCUT2D eigenvalue weighted by atomic mass is 10.2. The maximum Gasteiger partial charge on any atom is 0.416 e. The second kappa shape index (κ2) is 8.63. The summed E-state index contributed by atoms with van der Waals surface area (Å²) >= 11 is 6.88. The second-order valence-corrected chi connectivity index (χ2v) is 6.75. The number of nitrogens with two attached hydrogens (primary N) is 1. The van der Waals surface area contributed by atoms with Gasteiger partial charge in [-0.25, -0.2) is 4.68 Å². The molecule has 1 aromatic carbocycles. The average molecular weight is 408 g/mol. The highest BCUT2D eigenvalue weighted by molar-refractivity contribution is 7.99. The van der Waals surface area contributed by atoms with Gasteiger partial charge in [-0.1, -0.05) is 36.7 Å². The molecule has 0 fully saturated rings. The van der Waals surface area contributed by atoms with Crippen LogP contribution in [0.3, 0.4) is 0 Å². The third kappa shape index (κ3) is 5.28. The summed E-state index contributed by atoms with van der Waals surface area (Å²) in [6.07, 6.45) is -1.96. The number of aryl methyl sites for hydroxylation is 1. The number of unbranched alkanes of at least 4 members (excludes halogenated alkanes) is 1. The van der Waals surface area contributed by atoms with Crippen LogP contribution in [0.25, 0.3) is 0 Å². The molecule has 0 aliphatic heterocycles. The quantitative estimate of drug-likeness (QED) is 0.539. The Balaban J connectivity index is 1.98. The van der Waals surface area contributed by atoms with Gasteiger partial charge in [0.15, 0.2) is 5.82 Å². The molecule has 0 radical (unpaired) electrons. The van der Waals surface area contributed by atoms with Crippen LogP contribution in [0.1, 0.15) is 31.2 Å². The van der Waals surface area contributed by atoms with Gasteiger partial charge in [-0.2, -0.15) is 13.2 Å². The number of rotatable bonds is 7. The summed E-state index contributed by atoms with van der Waals surface area (Å²) in [7, 11) is 0. The summed E-state index contributed by atoms with van der Waals surface area (Å²) < 4.78 is 39.6. The number of anilines is 1. The first-order valence-corrected chi connectivity index (χ1v) is 9.07. The van der Waals surface area contributed by atoms with Gasteiger partial charge < -0.3 is 11.2 Å². The minimum absolute atomic E-state index is 0.0141.